The van der Waals surface area contributed by atoms with Gasteiger partial charge in [0.05, 0.1) is 5.56 Å². The maximum atomic E-state index is 12.7. The van der Waals surface area contributed by atoms with Gasteiger partial charge in [-0.1, -0.05) is 6.07 Å². The number of urea groups is 1. The predicted octanol–water partition coefficient (Wildman–Crippen LogP) is 3.17. The average molecular weight is 351 g/mol. The summed E-state index contributed by atoms with van der Waals surface area (Å²) in [7, 11) is 0. The van der Waals surface area contributed by atoms with Crippen molar-refractivity contribution in [2.24, 2.45) is 11.8 Å². The third kappa shape index (κ3) is 4.07. The van der Waals surface area contributed by atoms with Gasteiger partial charge in [0, 0.05) is 30.7 Å². The van der Waals surface area contributed by atoms with Gasteiger partial charge in [-0.2, -0.15) is 13.2 Å². The molecular formula is C18H20F3N3O. The van der Waals surface area contributed by atoms with Gasteiger partial charge in [0.25, 0.3) is 0 Å². The lowest BCUT2D eigenvalue weighted by molar-refractivity contribution is -0.137. The van der Waals surface area contributed by atoms with E-state index in [-0.39, 0.29) is 17.6 Å². The molecule has 25 heavy (non-hydrogen) atoms. The zero-order chi connectivity index (χ0) is 18.0. The molecule has 2 amide bonds. The fourth-order valence-corrected chi connectivity index (χ4v) is 3.70. The first-order chi connectivity index (χ1) is 11.9. The number of rotatable bonds is 3. The molecule has 7 heteroatoms. The summed E-state index contributed by atoms with van der Waals surface area (Å²) in [6.45, 7) is 2.28. The molecule has 134 valence electrons. The number of hydrogen-bond acceptors (Lipinski definition) is 2. The summed E-state index contributed by atoms with van der Waals surface area (Å²) in [5.74, 6) is 3.61. The zero-order valence-corrected chi connectivity index (χ0v) is 13.6. The van der Waals surface area contributed by atoms with Gasteiger partial charge in [0.1, 0.15) is 0 Å². The fraction of sp³-hybridized carbons (Fsp3) is 0.500. The maximum absolute atomic E-state index is 12.7. The first-order valence-electron chi connectivity index (χ1n) is 8.29. The maximum Gasteiger partial charge on any atom is 0.416 e. The number of fused-ring (bicyclic) bond motifs is 3. The van der Waals surface area contributed by atoms with Crippen LogP contribution in [-0.4, -0.2) is 36.6 Å². The highest BCUT2D eigenvalue weighted by Gasteiger charge is 2.39. The van der Waals surface area contributed by atoms with Gasteiger partial charge in [-0.05, 0) is 43.5 Å². The number of halogens is 3. The predicted molar refractivity (Wildman–Crippen MR) is 88.9 cm³/mol. The Morgan fingerprint density at radius 1 is 1.40 bits per heavy atom. The van der Waals surface area contributed by atoms with Crippen LogP contribution in [0, 0.1) is 24.2 Å². The Morgan fingerprint density at radius 2 is 2.20 bits per heavy atom. The minimum absolute atomic E-state index is 0.116. The SMILES string of the molecule is C#C[C@@H]1CN2CC[C@H]1C[C@@H]2CNC(=O)Nc1cccc(C(F)(F)F)c1. The molecule has 4 rings (SSSR count). The first-order valence-corrected chi connectivity index (χ1v) is 8.29. The van der Waals surface area contributed by atoms with Crippen LogP contribution < -0.4 is 10.6 Å². The van der Waals surface area contributed by atoms with Crippen LogP contribution in [0.1, 0.15) is 18.4 Å². The monoisotopic (exact) mass is 351 g/mol. The number of piperidine rings is 3. The highest BCUT2D eigenvalue weighted by atomic mass is 19.4. The molecule has 1 aromatic carbocycles. The van der Waals surface area contributed by atoms with Crippen LogP contribution in [0.3, 0.4) is 0 Å². The molecule has 0 aliphatic carbocycles. The van der Waals surface area contributed by atoms with E-state index in [0.717, 1.165) is 38.1 Å². The zero-order valence-electron chi connectivity index (χ0n) is 13.6. The standard InChI is InChI=1S/C18H20F3N3O/c1-2-12-11-24-7-6-13(12)8-16(24)10-22-17(25)23-15-5-3-4-14(9-15)18(19,20)21/h1,3-5,9,12-13,16H,6-8,10-11H2,(H2,22,23,25)/t12-,13+,16-/m1/s1. The minimum Gasteiger partial charge on any atom is -0.336 e. The van der Waals surface area contributed by atoms with Gasteiger partial charge in [-0.25, -0.2) is 4.79 Å². The topological polar surface area (TPSA) is 44.4 Å². The summed E-state index contributed by atoms with van der Waals surface area (Å²) in [5, 5.41) is 5.21. The van der Waals surface area contributed by atoms with Gasteiger partial charge in [-0.15, -0.1) is 12.3 Å². The number of hydrogen-bond donors (Lipinski definition) is 2. The normalized spacial score (nSPS) is 28.2. The second-order valence-corrected chi connectivity index (χ2v) is 6.62. The Hall–Kier alpha value is -2.20. The number of benzene rings is 1. The Labute approximate surface area is 144 Å². The van der Waals surface area contributed by atoms with Crippen molar-refractivity contribution < 1.29 is 18.0 Å². The van der Waals surface area contributed by atoms with Crippen LogP contribution in [0.5, 0.6) is 0 Å². The summed E-state index contributed by atoms with van der Waals surface area (Å²) in [4.78, 5) is 14.3. The van der Waals surface area contributed by atoms with Gasteiger partial charge < -0.3 is 10.6 Å². The Morgan fingerprint density at radius 3 is 2.84 bits per heavy atom. The van der Waals surface area contributed by atoms with Crippen molar-refractivity contribution in [3.8, 4) is 12.3 Å². The van der Waals surface area contributed by atoms with E-state index < -0.39 is 17.8 Å². The molecule has 1 aromatic rings. The number of nitrogens with zero attached hydrogens (tertiary/aromatic N) is 1. The van der Waals surface area contributed by atoms with Crippen molar-refractivity contribution in [1.82, 2.24) is 10.2 Å². The number of carbonyl (C=O) groups excluding carboxylic acids is 1. The quantitative estimate of drug-likeness (QED) is 0.822. The van der Waals surface area contributed by atoms with E-state index in [2.05, 4.69) is 21.5 Å². The molecule has 0 saturated carbocycles. The fourth-order valence-electron chi connectivity index (χ4n) is 3.70. The lowest BCUT2D eigenvalue weighted by atomic mass is 9.76. The molecule has 3 aliphatic heterocycles. The van der Waals surface area contributed by atoms with Crippen LogP contribution in [-0.2, 0) is 6.18 Å². The molecule has 2 bridgehead atoms. The van der Waals surface area contributed by atoms with Crippen LogP contribution in [0.25, 0.3) is 0 Å². The van der Waals surface area contributed by atoms with Crippen LogP contribution in [0.2, 0.25) is 0 Å². The van der Waals surface area contributed by atoms with E-state index in [1.54, 1.807) is 0 Å². The number of terminal acetylenes is 1. The van der Waals surface area contributed by atoms with Crippen molar-refractivity contribution >= 4 is 11.7 Å². The van der Waals surface area contributed by atoms with E-state index in [1.165, 1.54) is 12.1 Å². The Balaban J connectivity index is 1.52. The second kappa shape index (κ2) is 6.96. The number of anilines is 1. The van der Waals surface area contributed by atoms with E-state index in [0.29, 0.717) is 12.5 Å². The average Bonchev–Trinajstić information content (AvgIpc) is 2.60. The van der Waals surface area contributed by atoms with Gasteiger partial charge in [0.2, 0.25) is 0 Å². The van der Waals surface area contributed by atoms with Gasteiger partial charge in [-0.3, -0.25) is 4.90 Å². The minimum atomic E-state index is -4.43. The van der Waals surface area contributed by atoms with Crippen LogP contribution >= 0.6 is 0 Å². The molecule has 0 aromatic heterocycles. The third-order valence-corrected chi connectivity index (χ3v) is 5.04. The van der Waals surface area contributed by atoms with Crippen molar-refractivity contribution in [1.29, 1.82) is 0 Å². The van der Waals surface area contributed by atoms with E-state index in [1.807, 2.05) is 0 Å². The first kappa shape index (κ1) is 17.6. The van der Waals surface area contributed by atoms with Crippen molar-refractivity contribution in [3.63, 3.8) is 0 Å². The van der Waals surface area contributed by atoms with E-state index in [4.69, 9.17) is 6.42 Å². The smallest absolute Gasteiger partial charge is 0.336 e. The molecular weight excluding hydrogens is 331 g/mol. The summed E-state index contributed by atoms with van der Waals surface area (Å²) >= 11 is 0. The van der Waals surface area contributed by atoms with Gasteiger partial charge >= 0.3 is 12.2 Å². The number of amides is 2. The molecule has 3 fully saturated rings. The second-order valence-electron chi connectivity index (χ2n) is 6.62. The highest BCUT2D eigenvalue weighted by Crippen LogP contribution is 2.35. The third-order valence-electron chi connectivity index (χ3n) is 5.04. The molecule has 3 aliphatic rings. The largest absolute Gasteiger partial charge is 0.416 e. The number of alkyl halides is 3. The highest BCUT2D eigenvalue weighted by molar-refractivity contribution is 5.89. The number of carbonyl (C=O) groups is 1. The molecule has 1 unspecified atom stereocenters. The summed E-state index contributed by atoms with van der Waals surface area (Å²) in [6, 6.07) is 4.31. The molecule has 2 N–H and O–H groups in total. The Kier molecular flexibility index (Phi) is 4.91. The molecule has 4 nitrogen and oxygen atoms in total. The van der Waals surface area contributed by atoms with Crippen molar-refractivity contribution in [2.75, 3.05) is 25.0 Å². The van der Waals surface area contributed by atoms with Gasteiger partial charge in [0.15, 0.2) is 0 Å². The van der Waals surface area contributed by atoms with Crippen LogP contribution in [0.4, 0.5) is 23.7 Å². The summed E-state index contributed by atoms with van der Waals surface area (Å²) in [5.41, 5.74) is -0.675. The molecule has 4 atom stereocenters. The lowest BCUT2D eigenvalue weighted by Crippen LogP contribution is -2.56. The summed E-state index contributed by atoms with van der Waals surface area (Å²) < 4.78 is 38.1. The van der Waals surface area contributed by atoms with Crippen LogP contribution in [0.15, 0.2) is 24.3 Å². The summed E-state index contributed by atoms with van der Waals surface area (Å²) in [6.07, 6.45) is 3.14. The van der Waals surface area contributed by atoms with E-state index >= 15 is 0 Å². The molecule has 0 spiro atoms. The van der Waals surface area contributed by atoms with Crippen molar-refractivity contribution in [3.05, 3.63) is 29.8 Å². The number of nitrogens with one attached hydrogen (secondary N) is 2. The lowest BCUT2D eigenvalue weighted by Gasteiger charge is -2.48. The molecule has 3 saturated heterocycles. The van der Waals surface area contributed by atoms with E-state index in [9.17, 15) is 18.0 Å². The molecule has 3 heterocycles. The van der Waals surface area contributed by atoms with Crippen molar-refractivity contribution in [2.45, 2.75) is 25.1 Å². The Bertz CT molecular complexity index is 683. The molecule has 0 radical (unpaired) electrons.